The first-order valence-corrected chi connectivity index (χ1v) is 12.7. The van der Waals surface area contributed by atoms with Crippen LogP contribution in [-0.4, -0.2) is 58.5 Å². The SMILES string of the molecule is Cc1nc2ncnn2c(N2CCN(S(=O)(=O)c3ccc(C(F)(F)F)cc3)CC2)c1Cc1ccccc1. The van der Waals surface area contributed by atoms with E-state index in [4.69, 9.17) is 0 Å². The molecule has 0 saturated carbocycles. The molecule has 1 saturated heterocycles. The van der Waals surface area contributed by atoms with Gasteiger partial charge < -0.3 is 4.90 Å². The summed E-state index contributed by atoms with van der Waals surface area (Å²) in [5.74, 6) is 1.27. The van der Waals surface area contributed by atoms with Gasteiger partial charge in [-0.1, -0.05) is 30.3 Å². The van der Waals surface area contributed by atoms with Crippen molar-refractivity contribution in [1.82, 2.24) is 23.9 Å². The summed E-state index contributed by atoms with van der Waals surface area (Å²) in [6, 6.07) is 13.5. The van der Waals surface area contributed by atoms with E-state index < -0.39 is 21.8 Å². The summed E-state index contributed by atoms with van der Waals surface area (Å²) >= 11 is 0. The second kappa shape index (κ2) is 9.17. The molecule has 8 nitrogen and oxygen atoms in total. The molecule has 0 radical (unpaired) electrons. The molecule has 188 valence electrons. The molecule has 4 aromatic rings. The van der Waals surface area contributed by atoms with E-state index in [0.29, 0.717) is 25.3 Å². The first kappa shape index (κ1) is 24.2. The van der Waals surface area contributed by atoms with E-state index in [-0.39, 0.29) is 18.0 Å². The Labute approximate surface area is 206 Å². The van der Waals surface area contributed by atoms with Crippen LogP contribution in [0.5, 0.6) is 0 Å². The van der Waals surface area contributed by atoms with E-state index in [0.717, 1.165) is 46.9 Å². The number of anilines is 1. The molecule has 1 aliphatic heterocycles. The average Bonchev–Trinajstić information content (AvgIpc) is 3.32. The summed E-state index contributed by atoms with van der Waals surface area (Å²) in [5.41, 5.74) is 2.00. The standard InChI is InChI=1S/C24H23F3N6O2S/c1-17-21(15-18-5-3-2-4-6-18)22(33-23(30-17)28-16-29-33)31-11-13-32(14-12-31)36(34,35)20-9-7-19(8-10-20)24(25,26)27/h2-10,16H,11-15H2,1H3. The van der Waals surface area contributed by atoms with Crippen molar-refractivity contribution in [2.75, 3.05) is 31.1 Å². The number of fused-ring (bicyclic) bond motifs is 1. The zero-order valence-corrected chi connectivity index (χ0v) is 20.2. The molecule has 36 heavy (non-hydrogen) atoms. The minimum Gasteiger partial charge on any atom is -0.354 e. The first-order valence-electron chi connectivity index (χ1n) is 11.3. The summed E-state index contributed by atoms with van der Waals surface area (Å²) < 4.78 is 67.8. The number of rotatable bonds is 5. The second-order valence-corrected chi connectivity index (χ2v) is 10.5. The molecule has 0 amide bonds. The van der Waals surface area contributed by atoms with Crippen molar-refractivity contribution in [3.63, 3.8) is 0 Å². The van der Waals surface area contributed by atoms with Gasteiger partial charge in [0.25, 0.3) is 5.78 Å². The summed E-state index contributed by atoms with van der Waals surface area (Å²) in [5, 5.41) is 4.36. The Balaban J connectivity index is 1.41. The van der Waals surface area contributed by atoms with Crippen molar-refractivity contribution in [3.05, 3.63) is 83.3 Å². The van der Waals surface area contributed by atoms with Crippen LogP contribution in [0.25, 0.3) is 5.78 Å². The third kappa shape index (κ3) is 4.53. The molecular formula is C24H23F3N6O2S. The van der Waals surface area contributed by atoms with E-state index in [1.807, 2.05) is 37.3 Å². The van der Waals surface area contributed by atoms with Gasteiger partial charge in [0.1, 0.15) is 12.1 Å². The fourth-order valence-corrected chi connectivity index (χ4v) is 5.83. The Kier molecular flexibility index (Phi) is 6.17. The van der Waals surface area contributed by atoms with Crippen LogP contribution in [0.15, 0.2) is 65.8 Å². The number of sulfonamides is 1. The van der Waals surface area contributed by atoms with Gasteiger partial charge in [0.15, 0.2) is 0 Å². The third-order valence-corrected chi connectivity index (χ3v) is 8.20. The van der Waals surface area contributed by atoms with Crippen molar-refractivity contribution >= 4 is 21.6 Å². The fraction of sp³-hybridized carbons (Fsp3) is 0.292. The highest BCUT2D eigenvalue weighted by molar-refractivity contribution is 7.89. The topological polar surface area (TPSA) is 83.7 Å². The lowest BCUT2D eigenvalue weighted by Crippen LogP contribution is -2.49. The van der Waals surface area contributed by atoms with E-state index in [1.165, 1.54) is 10.6 Å². The summed E-state index contributed by atoms with van der Waals surface area (Å²) in [6.45, 7) is 3.01. The van der Waals surface area contributed by atoms with Gasteiger partial charge in [0.05, 0.1) is 10.5 Å². The predicted molar refractivity (Wildman–Crippen MR) is 127 cm³/mol. The number of halogens is 3. The smallest absolute Gasteiger partial charge is 0.354 e. The molecule has 0 bridgehead atoms. The quantitative estimate of drug-likeness (QED) is 0.404. The molecule has 0 unspecified atom stereocenters. The average molecular weight is 517 g/mol. The molecule has 5 rings (SSSR count). The van der Waals surface area contributed by atoms with Crippen LogP contribution in [0, 0.1) is 6.92 Å². The zero-order valence-electron chi connectivity index (χ0n) is 19.4. The van der Waals surface area contributed by atoms with Gasteiger partial charge in [0, 0.05) is 43.9 Å². The van der Waals surface area contributed by atoms with E-state index in [2.05, 4.69) is 20.0 Å². The van der Waals surface area contributed by atoms with Crippen LogP contribution in [0.1, 0.15) is 22.4 Å². The molecule has 1 aliphatic rings. The summed E-state index contributed by atoms with van der Waals surface area (Å²) in [6.07, 6.45) is -2.47. The van der Waals surface area contributed by atoms with Crippen LogP contribution in [0.3, 0.4) is 0 Å². The molecule has 3 heterocycles. The Bertz CT molecular complexity index is 1480. The van der Waals surface area contributed by atoms with Gasteiger partial charge in [-0.3, -0.25) is 0 Å². The van der Waals surface area contributed by atoms with E-state index >= 15 is 0 Å². The lowest BCUT2D eigenvalue weighted by molar-refractivity contribution is -0.137. The summed E-state index contributed by atoms with van der Waals surface area (Å²) in [7, 11) is -3.94. The number of aryl methyl sites for hydroxylation is 1. The molecule has 12 heteroatoms. The first-order chi connectivity index (χ1) is 17.1. The Hall–Kier alpha value is -3.51. The van der Waals surface area contributed by atoms with Crippen molar-refractivity contribution in [1.29, 1.82) is 0 Å². The van der Waals surface area contributed by atoms with Crippen molar-refractivity contribution in [2.45, 2.75) is 24.4 Å². The number of benzene rings is 2. The minimum absolute atomic E-state index is 0.160. The molecule has 0 N–H and O–H groups in total. The minimum atomic E-state index is -4.53. The molecule has 0 spiro atoms. The number of hydrogen-bond acceptors (Lipinski definition) is 6. The van der Waals surface area contributed by atoms with E-state index in [1.54, 1.807) is 4.52 Å². The van der Waals surface area contributed by atoms with E-state index in [9.17, 15) is 21.6 Å². The second-order valence-electron chi connectivity index (χ2n) is 8.55. The van der Waals surface area contributed by atoms with Crippen LogP contribution < -0.4 is 4.90 Å². The Morgan fingerprint density at radius 1 is 0.944 bits per heavy atom. The Morgan fingerprint density at radius 3 is 2.25 bits per heavy atom. The monoisotopic (exact) mass is 516 g/mol. The highest BCUT2D eigenvalue weighted by Gasteiger charge is 2.33. The maximum atomic E-state index is 13.1. The van der Waals surface area contributed by atoms with Crippen LogP contribution >= 0.6 is 0 Å². The molecule has 0 aliphatic carbocycles. The van der Waals surface area contributed by atoms with Gasteiger partial charge in [0.2, 0.25) is 10.0 Å². The number of piperazine rings is 1. The van der Waals surface area contributed by atoms with Crippen LogP contribution in [-0.2, 0) is 22.6 Å². The molecule has 1 fully saturated rings. The van der Waals surface area contributed by atoms with Crippen LogP contribution in [0.2, 0.25) is 0 Å². The molecule has 2 aromatic heterocycles. The van der Waals surface area contributed by atoms with Crippen LogP contribution in [0.4, 0.5) is 19.0 Å². The Morgan fingerprint density at radius 2 is 1.61 bits per heavy atom. The van der Waals surface area contributed by atoms with Gasteiger partial charge in [-0.15, -0.1) is 0 Å². The maximum absolute atomic E-state index is 13.1. The number of aromatic nitrogens is 4. The molecule has 0 atom stereocenters. The van der Waals surface area contributed by atoms with Gasteiger partial charge in [-0.25, -0.2) is 13.4 Å². The van der Waals surface area contributed by atoms with Gasteiger partial charge >= 0.3 is 6.18 Å². The van der Waals surface area contributed by atoms with Crippen molar-refractivity contribution < 1.29 is 21.6 Å². The normalized spacial score (nSPS) is 15.5. The lowest BCUT2D eigenvalue weighted by atomic mass is 10.0. The highest BCUT2D eigenvalue weighted by Crippen LogP contribution is 2.31. The number of nitrogens with zero attached hydrogens (tertiary/aromatic N) is 6. The van der Waals surface area contributed by atoms with Gasteiger partial charge in [-0.05, 0) is 36.8 Å². The number of hydrogen-bond donors (Lipinski definition) is 0. The largest absolute Gasteiger partial charge is 0.416 e. The molecule has 2 aromatic carbocycles. The fourth-order valence-electron chi connectivity index (χ4n) is 4.41. The molecular weight excluding hydrogens is 493 g/mol. The lowest BCUT2D eigenvalue weighted by Gasteiger charge is -2.36. The van der Waals surface area contributed by atoms with Gasteiger partial charge in [-0.2, -0.15) is 32.1 Å². The van der Waals surface area contributed by atoms with Crippen molar-refractivity contribution in [3.8, 4) is 0 Å². The predicted octanol–water partition coefficient (Wildman–Crippen LogP) is 3.55. The third-order valence-electron chi connectivity index (χ3n) is 6.29. The van der Waals surface area contributed by atoms with Crippen molar-refractivity contribution in [2.24, 2.45) is 0 Å². The zero-order chi connectivity index (χ0) is 25.5. The summed E-state index contributed by atoms with van der Waals surface area (Å²) in [4.78, 5) is 10.7. The maximum Gasteiger partial charge on any atom is 0.416 e. The number of alkyl halides is 3. The highest BCUT2D eigenvalue weighted by atomic mass is 32.2.